The highest BCUT2D eigenvalue weighted by Gasteiger charge is 2.64. The maximum Gasteiger partial charge on any atom is 0.330 e. The number of aliphatic hydroxyl groups is 6. The molecule has 198 valence electrons. The van der Waals surface area contributed by atoms with Crippen LogP contribution < -0.4 is 0 Å². The maximum absolute atomic E-state index is 12.3. The molecule has 0 bridgehead atoms. The lowest BCUT2D eigenvalue weighted by Gasteiger charge is -2.44. The molecule has 2 aliphatic heterocycles. The second kappa shape index (κ2) is 11.1. The first-order valence-corrected chi connectivity index (χ1v) is 11.8. The van der Waals surface area contributed by atoms with E-state index in [2.05, 4.69) is 0 Å². The number of benzene rings is 1. The van der Waals surface area contributed by atoms with Crippen molar-refractivity contribution < 1.29 is 54.4 Å². The molecule has 11 nitrogen and oxygen atoms in total. The summed E-state index contributed by atoms with van der Waals surface area (Å²) in [4.78, 5) is 12.3. The molecule has 0 aromatic heterocycles. The minimum atomic E-state index is -2.02. The molecular weight excluding hydrogens is 500 g/mol. The van der Waals surface area contributed by atoms with Crippen molar-refractivity contribution in [3.8, 4) is 0 Å². The Morgan fingerprint density at radius 2 is 1.78 bits per heavy atom. The zero-order valence-corrected chi connectivity index (χ0v) is 19.7. The van der Waals surface area contributed by atoms with E-state index in [0.717, 1.165) is 5.56 Å². The van der Waals surface area contributed by atoms with Gasteiger partial charge in [-0.25, -0.2) is 4.79 Å². The van der Waals surface area contributed by atoms with E-state index in [-0.39, 0.29) is 0 Å². The summed E-state index contributed by atoms with van der Waals surface area (Å²) in [7, 11) is 0. The minimum absolute atomic E-state index is 0.608. The SMILES string of the molecule is O=C(C=Cc1ccccc1)OC[C@]1(O)[C@H]2[C@H](O[C@@H]3O[C@H](CO)[C@@H](O)[C@H](O)[C@H]3O)OC=C[C@H]2[C@H](O)[C@@H]1Cl. The minimum Gasteiger partial charge on any atom is -0.472 e. The monoisotopic (exact) mass is 528 g/mol. The van der Waals surface area contributed by atoms with Gasteiger partial charge < -0.3 is 49.6 Å². The molecule has 4 rings (SSSR count). The van der Waals surface area contributed by atoms with E-state index in [4.69, 9.17) is 30.5 Å². The zero-order valence-electron chi connectivity index (χ0n) is 19.0. The van der Waals surface area contributed by atoms with Gasteiger partial charge in [-0.15, -0.1) is 11.6 Å². The Bertz CT molecular complexity index is 957. The van der Waals surface area contributed by atoms with Crippen LogP contribution >= 0.6 is 11.6 Å². The van der Waals surface area contributed by atoms with E-state index in [1.54, 1.807) is 24.3 Å². The molecule has 3 aliphatic rings. The number of carbonyl (C=O) groups is 1. The first kappa shape index (κ1) is 27.0. The second-order valence-corrected chi connectivity index (χ2v) is 9.48. The van der Waals surface area contributed by atoms with Crippen LogP contribution in [0.15, 0.2) is 48.7 Å². The molecule has 12 heteroatoms. The van der Waals surface area contributed by atoms with Crippen molar-refractivity contribution in [1.29, 1.82) is 0 Å². The van der Waals surface area contributed by atoms with Crippen molar-refractivity contribution in [2.24, 2.45) is 11.8 Å². The van der Waals surface area contributed by atoms with Crippen molar-refractivity contribution in [3.63, 3.8) is 0 Å². The van der Waals surface area contributed by atoms with Crippen LogP contribution in [0.4, 0.5) is 0 Å². The predicted octanol–water partition coefficient (Wildman–Crippen LogP) is -1.13. The average molecular weight is 529 g/mol. The van der Waals surface area contributed by atoms with Gasteiger partial charge in [0.1, 0.15) is 36.6 Å². The van der Waals surface area contributed by atoms with Crippen LogP contribution in [0.1, 0.15) is 5.56 Å². The molecule has 0 amide bonds. The van der Waals surface area contributed by atoms with Gasteiger partial charge in [0.15, 0.2) is 6.29 Å². The smallest absolute Gasteiger partial charge is 0.330 e. The quantitative estimate of drug-likeness (QED) is 0.143. The summed E-state index contributed by atoms with van der Waals surface area (Å²) in [5.74, 6) is -2.62. The van der Waals surface area contributed by atoms with Crippen LogP contribution in [0, 0.1) is 11.8 Å². The molecule has 1 aromatic carbocycles. The van der Waals surface area contributed by atoms with Gasteiger partial charge in [-0.05, 0) is 17.7 Å². The first-order chi connectivity index (χ1) is 17.2. The topological polar surface area (TPSA) is 175 Å². The van der Waals surface area contributed by atoms with E-state index < -0.39 is 85.1 Å². The lowest BCUT2D eigenvalue weighted by atomic mass is 9.84. The maximum atomic E-state index is 12.3. The molecule has 0 radical (unpaired) electrons. The summed E-state index contributed by atoms with van der Waals surface area (Å²) in [6.45, 7) is -1.27. The number of ether oxygens (including phenoxy) is 4. The summed E-state index contributed by atoms with van der Waals surface area (Å²) in [5, 5.41) is 60.7. The Balaban J connectivity index is 1.49. The summed E-state index contributed by atoms with van der Waals surface area (Å²) in [6.07, 6.45) is -5.01. The molecule has 1 aromatic rings. The van der Waals surface area contributed by atoms with Crippen LogP contribution in [0.25, 0.3) is 6.08 Å². The summed E-state index contributed by atoms with van der Waals surface area (Å²) in [5.41, 5.74) is -1.26. The Labute approximate surface area is 211 Å². The van der Waals surface area contributed by atoms with Gasteiger partial charge in [0.05, 0.1) is 30.3 Å². The second-order valence-electron chi connectivity index (χ2n) is 9.00. The lowest BCUT2D eigenvalue weighted by molar-refractivity contribution is -0.347. The van der Waals surface area contributed by atoms with Gasteiger partial charge in [0, 0.05) is 12.0 Å². The molecule has 2 fully saturated rings. The number of carbonyl (C=O) groups excluding carboxylic acids is 1. The van der Waals surface area contributed by atoms with Crippen molar-refractivity contribution in [2.45, 2.75) is 54.1 Å². The number of hydrogen-bond acceptors (Lipinski definition) is 11. The van der Waals surface area contributed by atoms with E-state index in [0.29, 0.717) is 0 Å². The van der Waals surface area contributed by atoms with Crippen LogP contribution in [0.3, 0.4) is 0 Å². The van der Waals surface area contributed by atoms with E-state index in [1.807, 2.05) is 6.07 Å². The Morgan fingerprint density at radius 1 is 1.06 bits per heavy atom. The first-order valence-electron chi connectivity index (χ1n) is 11.4. The zero-order chi connectivity index (χ0) is 26.0. The molecule has 1 saturated heterocycles. The predicted molar refractivity (Wildman–Crippen MR) is 123 cm³/mol. The molecule has 0 spiro atoms. The fourth-order valence-corrected chi connectivity index (χ4v) is 5.11. The Morgan fingerprint density at radius 3 is 2.47 bits per heavy atom. The van der Waals surface area contributed by atoms with Gasteiger partial charge in [0.25, 0.3) is 0 Å². The van der Waals surface area contributed by atoms with Gasteiger partial charge in [0.2, 0.25) is 6.29 Å². The molecule has 1 aliphatic carbocycles. The van der Waals surface area contributed by atoms with Crippen molar-refractivity contribution in [2.75, 3.05) is 13.2 Å². The molecule has 2 heterocycles. The van der Waals surface area contributed by atoms with E-state index in [1.165, 1.54) is 24.5 Å². The van der Waals surface area contributed by atoms with E-state index >= 15 is 0 Å². The number of fused-ring (bicyclic) bond motifs is 1. The van der Waals surface area contributed by atoms with Crippen molar-refractivity contribution in [3.05, 3.63) is 54.3 Å². The number of aliphatic hydroxyl groups excluding tert-OH is 5. The third-order valence-corrected chi connectivity index (χ3v) is 7.38. The van der Waals surface area contributed by atoms with Crippen LogP contribution in [0.2, 0.25) is 0 Å². The van der Waals surface area contributed by atoms with Crippen LogP contribution in [0.5, 0.6) is 0 Å². The number of hydrogen-bond donors (Lipinski definition) is 6. The number of alkyl halides is 1. The molecule has 6 N–H and O–H groups in total. The molecule has 0 unspecified atom stereocenters. The highest BCUT2D eigenvalue weighted by Crippen LogP contribution is 2.49. The standard InChI is InChI=1S/C24H29ClO11/c25-21-17(28)13-8-9-33-22(36-23-20(31)19(30)18(29)14(10-26)35-23)16(13)24(21,32)11-34-15(27)7-6-12-4-2-1-3-5-12/h1-9,13-14,16-23,26,28-32H,10-11H2/t13-,14-,16-,17+,18-,19+,20-,21+,22+,23+,24+/m1/s1. The Hall–Kier alpha value is -2.06. The highest BCUT2D eigenvalue weighted by molar-refractivity contribution is 6.22. The lowest BCUT2D eigenvalue weighted by Crippen LogP contribution is -2.61. The van der Waals surface area contributed by atoms with E-state index in [9.17, 15) is 35.4 Å². The number of rotatable bonds is 7. The molecule has 36 heavy (non-hydrogen) atoms. The number of halogens is 1. The fourth-order valence-electron chi connectivity index (χ4n) is 4.74. The average Bonchev–Trinajstić information content (AvgIpc) is 3.09. The third-order valence-electron chi connectivity index (χ3n) is 6.74. The summed E-state index contributed by atoms with van der Waals surface area (Å²) >= 11 is 6.38. The van der Waals surface area contributed by atoms with Gasteiger partial charge in [-0.3, -0.25) is 0 Å². The van der Waals surface area contributed by atoms with Crippen molar-refractivity contribution in [1.82, 2.24) is 0 Å². The largest absolute Gasteiger partial charge is 0.472 e. The molecule has 1 saturated carbocycles. The molecular formula is C24H29ClO11. The van der Waals surface area contributed by atoms with Crippen LogP contribution in [-0.2, 0) is 23.7 Å². The van der Waals surface area contributed by atoms with Gasteiger partial charge in [-0.2, -0.15) is 0 Å². The third kappa shape index (κ3) is 5.17. The van der Waals surface area contributed by atoms with Gasteiger partial charge in [-0.1, -0.05) is 30.3 Å². The summed E-state index contributed by atoms with van der Waals surface area (Å²) < 4.78 is 21.8. The Kier molecular flexibility index (Phi) is 8.35. The highest BCUT2D eigenvalue weighted by atomic mass is 35.5. The van der Waals surface area contributed by atoms with Crippen LogP contribution in [-0.4, -0.2) is 104 Å². The number of esters is 1. The summed E-state index contributed by atoms with van der Waals surface area (Å²) in [6, 6.07) is 9.01. The normalized spacial score (nSPS) is 42.2. The van der Waals surface area contributed by atoms with Crippen molar-refractivity contribution >= 4 is 23.6 Å². The fraction of sp³-hybridized carbons (Fsp3) is 0.542. The molecule has 11 atom stereocenters. The van der Waals surface area contributed by atoms with Gasteiger partial charge >= 0.3 is 5.97 Å².